The molecule has 1 saturated heterocycles. The van der Waals surface area contributed by atoms with Crippen LogP contribution in [0.3, 0.4) is 0 Å². The maximum absolute atomic E-state index is 5.49. The standard InChI is InChI=1S/C14H28N2OS/c1-4-6-13-7-5-9-16(10-8-13)14(18)15-12(2)11-17-3/h12-13H,4-11H2,1-3H3,(H,15,18). The second-order valence-corrected chi connectivity index (χ2v) is 5.77. The molecule has 0 aromatic rings. The highest BCUT2D eigenvalue weighted by Gasteiger charge is 2.18. The van der Waals surface area contributed by atoms with Gasteiger partial charge in [-0.15, -0.1) is 0 Å². The Hall–Kier alpha value is -0.350. The molecule has 1 fully saturated rings. The molecular weight excluding hydrogens is 244 g/mol. The molecule has 106 valence electrons. The number of nitrogens with zero attached hydrogens (tertiary/aromatic N) is 1. The Morgan fingerprint density at radius 1 is 1.44 bits per heavy atom. The van der Waals surface area contributed by atoms with Gasteiger partial charge >= 0.3 is 0 Å². The van der Waals surface area contributed by atoms with E-state index in [9.17, 15) is 0 Å². The highest BCUT2D eigenvalue weighted by atomic mass is 32.1. The first-order valence-corrected chi connectivity index (χ1v) is 7.62. The van der Waals surface area contributed by atoms with Crippen LogP contribution in [-0.4, -0.2) is 42.9 Å². The molecule has 1 heterocycles. The number of rotatable bonds is 5. The van der Waals surface area contributed by atoms with Gasteiger partial charge in [-0.2, -0.15) is 0 Å². The lowest BCUT2D eigenvalue weighted by molar-refractivity contribution is 0.178. The smallest absolute Gasteiger partial charge is 0.169 e. The summed E-state index contributed by atoms with van der Waals surface area (Å²) in [6.45, 7) is 7.29. The normalized spacial score (nSPS) is 22.4. The van der Waals surface area contributed by atoms with Gasteiger partial charge in [0.15, 0.2) is 5.11 Å². The summed E-state index contributed by atoms with van der Waals surface area (Å²) in [5, 5.41) is 4.26. The fraction of sp³-hybridized carbons (Fsp3) is 0.929. The fourth-order valence-electron chi connectivity index (χ4n) is 2.66. The SMILES string of the molecule is CCCC1CCCN(C(=S)NC(C)COC)CC1. The van der Waals surface area contributed by atoms with Crippen LogP contribution in [0.15, 0.2) is 0 Å². The van der Waals surface area contributed by atoms with Crippen molar-refractivity contribution in [3.63, 3.8) is 0 Å². The van der Waals surface area contributed by atoms with Gasteiger partial charge in [-0.1, -0.05) is 19.8 Å². The van der Waals surface area contributed by atoms with Gasteiger partial charge in [0.1, 0.15) is 0 Å². The van der Waals surface area contributed by atoms with Crippen molar-refractivity contribution in [1.29, 1.82) is 0 Å². The highest BCUT2D eigenvalue weighted by molar-refractivity contribution is 7.80. The van der Waals surface area contributed by atoms with Gasteiger partial charge < -0.3 is 15.0 Å². The zero-order chi connectivity index (χ0) is 13.4. The summed E-state index contributed by atoms with van der Waals surface area (Å²) >= 11 is 5.49. The van der Waals surface area contributed by atoms with Crippen molar-refractivity contribution in [1.82, 2.24) is 10.2 Å². The van der Waals surface area contributed by atoms with E-state index in [1.807, 2.05) is 0 Å². The van der Waals surface area contributed by atoms with Crippen molar-refractivity contribution < 1.29 is 4.74 Å². The Labute approximate surface area is 117 Å². The number of nitrogens with one attached hydrogen (secondary N) is 1. The first kappa shape index (κ1) is 15.7. The molecule has 2 atom stereocenters. The average Bonchev–Trinajstić information content (AvgIpc) is 2.55. The van der Waals surface area contributed by atoms with Crippen molar-refractivity contribution in [3.8, 4) is 0 Å². The van der Waals surface area contributed by atoms with Gasteiger partial charge in [0, 0.05) is 26.2 Å². The molecule has 18 heavy (non-hydrogen) atoms. The van der Waals surface area contributed by atoms with E-state index >= 15 is 0 Å². The highest BCUT2D eigenvalue weighted by Crippen LogP contribution is 2.21. The molecule has 0 amide bonds. The summed E-state index contributed by atoms with van der Waals surface area (Å²) in [5.74, 6) is 0.902. The summed E-state index contributed by atoms with van der Waals surface area (Å²) < 4.78 is 5.12. The lowest BCUT2D eigenvalue weighted by atomic mass is 9.96. The maximum Gasteiger partial charge on any atom is 0.169 e. The van der Waals surface area contributed by atoms with E-state index in [1.54, 1.807) is 7.11 Å². The molecule has 0 aliphatic carbocycles. The van der Waals surface area contributed by atoms with Gasteiger partial charge in [-0.3, -0.25) is 0 Å². The maximum atomic E-state index is 5.49. The molecule has 3 nitrogen and oxygen atoms in total. The van der Waals surface area contributed by atoms with Crippen LogP contribution in [0.1, 0.15) is 46.0 Å². The molecule has 1 aliphatic heterocycles. The van der Waals surface area contributed by atoms with Crippen LogP contribution in [0.5, 0.6) is 0 Å². The van der Waals surface area contributed by atoms with Crippen molar-refractivity contribution >= 4 is 17.3 Å². The minimum Gasteiger partial charge on any atom is -0.383 e. The van der Waals surface area contributed by atoms with E-state index in [0.717, 1.165) is 24.1 Å². The largest absolute Gasteiger partial charge is 0.383 e. The number of likely N-dealkylation sites (tertiary alicyclic amines) is 1. The molecule has 0 spiro atoms. The summed E-state index contributed by atoms with van der Waals surface area (Å²) in [6.07, 6.45) is 6.59. The topological polar surface area (TPSA) is 24.5 Å². The third kappa shape index (κ3) is 5.53. The molecule has 0 radical (unpaired) electrons. The van der Waals surface area contributed by atoms with E-state index < -0.39 is 0 Å². The molecular formula is C14H28N2OS. The van der Waals surface area contributed by atoms with Crippen LogP contribution in [0.25, 0.3) is 0 Å². The van der Waals surface area contributed by atoms with Crippen molar-refractivity contribution in [3.05, 3.63) is 0 Å². The lowest BCUT2D eigenvalue weighted by Gasteiger charge is -2.26. The predicted octanol–water partition coefficient (Wildman–Crippen LogP) is 2.80. The van der Waals surface area contributed by atoms with Crippen LogP contribution in [0, 0.1) is 5.92 Å². The van der Waals surface area contributed by atoms with Gasteiger partial charge in [-0.25, -0.2) is 0 Å². The Kier molecular flexibility index (Phi) is 7.59. The van der Waals surface area contributed by atoms with E-state index in [4.69, 9.17) is 17.0 Å². The van der Waals surface area contributed by atoms with E-state index in [-0.39, 0.29) is 6.04 Å². The predicted molar refractivity (Wildman–Crippen MR) is 80.9 cm³/mol. The van der Waals surface area contributed by atoms with Crippen LogP contribution >= 0.6 is 12.2 Å². The molecule has 1 N–H and O–H groups in total. The quantitative estimate of drug-likeness (QED) is 0.778. The first-order valence-electron chi connectivity index (χ1n) is 7.21. The molecule has 0 bridgehead atoms. The van der Waals surface area contributed by atoms with Crippen LogP contribution in [-0.2, 0) is 4.74 Å². The monoisotopic (exact) mass is 272 g/mol. The summed E-state index contributed by atoms with van der Waals surface area (Å²) in [6, 6.07) is 0.289. The van der Waals surface area contributed by atoms with Crippen LogP contribution < -0.4 is 5.32 Å². The zero-order valence-electron chi connectivity index (χ0n) is 12.1. The van der Waals surface area contributed by atoms with Gasteiger partial charge in [0.05, 0.1) is 6.61 Å². The van der Waals surface area contributed by atoms with Crippen LogP contribution in [0.4, 0.5) is 0 Å². The fourth-order valence-corrected chi connectivity index (χ4v) is 3.04. The Morgan fingerprint density at radius 3 is 2.89 bits per heavy atom. The first-order chi connectivity index (χ1) is 8.67. The van der Waals surface area contributed by atoms with E-state index in [2.05, 4.69) is 24.1 Å². The number of methoxy groups -OCH3 is 1. The molecule has 0 saturated carbocycles. The molecule has 2 unspecified atom stereocenters. The lowest BCUT2D eigenvalue weighted by Crippen LogP contribution is -2.45. The molecule has 4 heteroatoms. The summed E-state index contributed by atoms with van der Waals surface area (Å²) in [7, 11) is 1.72. The number of hydrogen-bond acceptors (Lipinski definition) is 2. The van der Waals surface area contributed by atoms with E-state index in [0.29, 0.717) is 6.61 Å². The van der Waals surface area contributed by atoms with Crippen molar-refractivity contribution in [2.45, 2.75) is 52.0 Å². The van der Waals surface area contributed by atoms with Crippen molar-refractivity contribution in [2.75, 3.05) is 26.8 Å². The molecule has 1 rings (SSSR count). The number of thiocarbonyl (C=S) groups is 1. The van der Waals surface area contributed by atoms with Gasteiger partial charge in [0.25, 0.3) is 0 Å². The number of hydrogen-bond donors (Lipinski definition) is 1. The van der Waals surface area contributed by atoms with Gasteiger partial charge in [0.2, 0.25) is 0 Å². The minimum atomic E-state index is 0.289. The second kappa shape index (κ2) is 8.70. The molecule has 0 aromatic carbocycles. The van der Waals surface area contributed by atoms with Gasteiger partial charge in [-0.05, 0) is 44.3 Å². The summed E-state index contributed by atoms with van der Waals surface area (Å²) in [4.78, 5) is 2.33. The zero-order valence-corrected chi connectivity index (χ0v) is 12.9. The summed E-state index contributed by atoms with van der Waals surface area (Å²) in [5.41, 5.74) is 0. The Morgan fingerprint density at radius 2 is 2.22 bits per heavy atom. The molecule has 0 aromatic heterocycles. The average molecular weight is 272 g/mol. The second-order valence-electron chi connectivity index (χ2n) is 5.38. The third-order valence-corrected chi connectivity index (χ3v) is 3.99. The van der Waals surface area contributed by atoms with Crippen LogP contribution in [0.2, 0.25) is 0 Å². The third-order valence-electron chi connectivity index (χ3n) is 3.62. The van der Waals surface area contributed by atoms with Crippen molar-refractivity contribution in [2.24, 2.45) is 5.92 Å². The Balaban J connectivity index is 2.35. The molecule has 1 aliphatic rings. The minimum absolute atomic E-state index is 0.289. The number of ether oxygens (including phenoxy) is 1. The van der Waals surface area contributed by atoms with E-state index in [1.165, 1.54) is 32.1 Å². The Bertz CT molecular complexity index is 248.